The van der Waals surface area contributed by atoms with Crippen molar-refractivity contribution < 1.29 is 23.8 Å². The van der Waals surface area contributed by atoms with Crippen LogP contribution in [-0.4, -0.2) is 34.9 Å². The average Bonchev–Trinajstić information content (AvgIpc) is 2.26. The topological polar surface area (TPSA) is 69.6 Å². The molecule has 0 saturated carbocycles. The molecule has 0 aromatic heterocycles. The molecule has 1 rings (SSSR count). The molecule has 1 unspecified atom stereocenters. The monoisotopic (exact) mass is 245 g/mol. The SMILES string of the molecule is CC(O)(CO)CNC(=O)c1ccc(F)cc1F. The molecule has 17 heavy (non-hydrogen) atoms. The number of aliphatic hydroxyl groups is 2. The summed E-state index contributed by atoms with van der Waals surface area (Å²) in [5.74, 6) is -2.54. The fraction of sp³-hybridized carbons (Fsp3) is 0.364. The van der Waals surface area contributed by atoms with Gasteiger partial charge in [-0.25, -0.2) is 8.78 Å². The van der Waals surface area contributed by atoms with Crippen LogP contribution in [0.15, 0.2) is 18.2 Å². The summed E-state index contributed by atoms with van der Waals surface area (Å²) in [6.07, 6.45) is 0. The van der Waals surface area contributed by atoms with E-state index in [-0.39, 0.29) is 12.1 Å². The Morgan fingerprint density at radius 2 is 2.12 bits per heavy atom. The first-order chi connectivity index (χ1) is 7.85. The van der Waals surface area contributed by atoms with Gasteiger partial charge in [0, 0.05) is 12.6 Å². The van der Waals surface area contributed by atoms with Crippen molar-refractivity contribution in [1.82, 2.24) is 5.32 Å². The Balaban J connectivity index is 2.71. The van der Waals surface area contributed by atoms with Crippen LogP contribution in [0.4, 0.5) is 8.78 Å². The fourth-order valence-electron chi connectivity index (χ4n) is 1.10. The number of rotatable bonds is 4. The Morgan fingerprint density at radius 1 is 1.47 bits per heavy atom. The summed E-state index contributed by atoms with van der Waals surface area (Å²) in [7, 11) is 0. The Kier molecular flexibility index (Phi) is 4.14. The molecule has 0 aliphatic heterocycles. The molecule has 0 bridgehead atoms. The Labute approximate surface area is 96.9 Å². The maximum absolute atomic E-state index is 13.2. The van der Waals surface area contributed by atoms with E-state index in [0.717, 1.165) is 12.1 Å². The molecule has 3 N–H and O–H groups in total. The highest BCUT2D eigenvalue weighted by molar-refractivity contribution is 5.94. The zero-order valence-electron chi connectivity index (χ0n) is 9.20. The first-order valence-electron chi connectivity index (χ1n) is 4.92. The molecule has 0 radical (unpaired) electrons. The third-order valence-corrected chi connectivity index (χ3v) is 2.15. The molecule has 1 aromatic carbocycles. The average molecular weight is 245 g/mol. The van der Waals surface area contributed by atoms with Crippen molar-refractivity contribution in [1.29, 1.82) is 0 Å². The predicted molar refractivity (Wildman–Crippen MR) is 56.4 cm³/mol. The first-order valence-corrected chi connectivity index (χ1v) is 4.92. The van der Waals surface area contributed by atoms with E-state index in [2.05, 4.69) is 5.32 Å². The number of nitrogens with one attached hydrogen (secondary N) is 1. The Bertz CT molecular complexity index is 421. The summed E-state index contributed by atoms with van der Waals surface area (Å²) in [5, 5.41) is 20.4. The molecule has 0 aliphatic rings. The summed E-state index contributed by atoms with van der Waals surface area (Å²) >= 11 is 0. The second kappa shape index (κ2) is 5.20. The van der Waals surface area contributed by atoms with Gasteiger partial charge in [0.05, 0.1) is 12.2 Å². The summed E-state index contributed by atoms with van der Waals surface area (Å²) < 4.78 is 25.8. The number of halogens is 2. The zero-order valence-corrected chi connectivity index (χ0v) is 9.20. The molecule has 1 amide bonds. The van der Waals surface area contributed by atoms with Crippen LogP contribution in [0, 0.1) is 11.6 Å². The van der Waals surface area contributed by atoms with Gasteiger partial charge in [-0.3, -0.25) is 4.79 Å². The zero-order chi connectivity index (χ0) is 13.1. The quantitative estimate of drug-likeness (QED) is 0.720. The van der Waals surface area contributed by atoms with Crippen molar-refractivity contribution in [2.75, 3.05) is 13.2 Å². The second-order valence-electron chi connectivity index (χ2n) is 3.96. The van der Waals surface area contributed by atoms with Crippen LogP contribution >= 0.6 is 0 Å². The molecule has 1 atom stereocenters. The summed E-state index contributed by atoms with van der Waals surface area (Å²) in [5.41, 5.74) is -1.80. The number of aliphatic hydroxyl groups excluding tert-OH is 1. The maximum Gasteiger partial charge on any atom is 0.254 e. The third kappa shape index (κ3) is 3.76. The number of carbonyl (C=O) groups is 1. The summed E-state index contributed by atoms with van der Waals surface area (Å²) in [6.45, 7) is 0.534. The number of carbonyl (C=O) groups excluding carboxylic acids is 1. The highest BCUT2D eigenvalue weighted by Crippen LogP contribution is 2.09. The van der Waals surface area contributed by atoms with E-state index < -0.39 is 29.7 Å². The van der Waals surface area contributed by atoms with Gasteiger partial charge in [0.15, 0.2) is 0 Å². The normalized spacial score (nSPS) is 14.2. The lowest BCUT2D eigenvalue weighted by Crippen LogP contribution is -2.43. The van der Waals surface area contributed by atoms with Crippen LogP contribution in [0.2, 0.25) is 0 Å². The smallest absolute Gasteiger partial charge is 0.254 e. The lowest BCUT2D eigenvalue weighted by molar-refractivity contribution is 0.00316. The minimum absolute atomic E-state index is 0.237. The molecule has 0 aliphatic carbocycles. The lowest BCUT2D eigenvalue weighted by atomic mass is 10.1. The third-order valence-electron chi connectivity index (χ3n) is 2.15. The summed E-state index contributed by atoms with van der Waals surface area (Å²) in [4.78, 5) is 11.5. The van der Waals surface area contributed by atoms with Gasteiger partial charge in [-0.1, -0.05) is 0 Å². The molecule has 1 aromatic rings. The lowest BCUT2D eigenvalue weighted by Gasteiger charge is -2.20. The van der Waals surface area contributed by atoms with Gasteiger partial charge in [0.2, 0.25) is 0 Å². The molecule has 0 saturated heterocycles. The van der Waals surface area contributed by atoms with Crippen LogP contribution in [0.5, 0.6) is 0 Å². The van der Waals surface area contributed by atoms with Gasteiger partial charge in [0.1, 0.15) is 17.2 Å². The molecular formula is C11H13F2NO3. The van der Waals surface area contributed by atoms with Crippen molar-refractivity contribution in [2.45, 2.75) is 12.5 Å². The first kappa shape index (κ1) is 13.5. The standard InChI is InChI=1S/C11H13F2NO3/c1-11(17,6-15)5-14-10(16)8-3-2-7(12)4-9(8)13/h2-4,15,17H,5-6H2,1H3,(H,14,16). The van der Waals surface area contributed by atoms with Gasteiger partial charge in [-0.2, -0.15) is 0 Å². The maximum atomic E-state index is 13.2. The van der Waals surface area contributed by atoms with Crippen molar-refractivity contribution >= 4 is 5.91 Å². The molecule has 6 heteroatoms. The van der Waals surface area contributed by atoms with E-state index in [4.69, 9.17) is 5.11 Å². The molecule has 0 spiro atoms. The molecule has 94 valence electrons. The van der Waals surface area contributed by atoms with Crippen LogP contribution in [0.1, 0.15) is 17.3 Å². The van der Waals surface area contributed by atoms with E-state index in [1.54, 1.807) is 0 Å². The molecule has 0 fully saturated rings. The summed E-state index contributed by atoms with van der Waals surface area (Å²) in [6, 6.07) is 2.56. The van der Waals surface area contributed by atoms with Crippen molar-refractivity contribution in [3.8, 4) is 0 Å². The van der Waals surface area contributed by atoms with E-state index in [9.17, 15) is 18.7 Å². The number of benzene rings is 1. The van der Waals surface area contributed by atoms with E-state index >= 15 is 0 Å². The van der Waals surface area contributed by atoms with E-state index in [1.165, 1.54) is 6.92 Å². The van der Waals surface area contributed by atoms with Crippen LogP contribution in [-0.2, 0) is 0 Å². The van der Waals surface area contributed by atoms with Crippen molar-refractivity contribution in [3.05, 3.63) is 35.4 Å². The van der Waals surface area contributed by atoms with Gasteiger partial charge >= 0.3 is 0 Å². The van der Waals surface area contributed by atoms with Crippen LogP contribution < -0.4 is 5.32 Å². The van der Waals surface area contributed by atoms with Gasteiger partial charge in [0.25, 0.3) is 5.91 Å². The highest BCUT2D eigenvalue weighted by Gasteiger charge is 2.21. The Hall–Kier alpha value is -1.53. The molecule has 4 nitrogen and oxygen atoms in total. The number of hydrogen-bond acceptors (Lipinski definition) is 3. The number of amides is 1. The highest BCUT2D eigenvalue weighted by atomic mass is 19.1. The minimum Gasteiger partial charge on any atom is -0.393 e. The van der Waals surface area contributed by atoms with Crippen LogP contribution in [0.3, 0.4) is 0 Å². The molecular weight excluding hydrogens is 232 g/mol. The van der Waals surface area contributed by atoms with E-state index in [0.29, 0.717) is 6.07 Å². The largest absolute Gasteiger partial charge is 0.393 e. The number of hydrogen-bond donors (Lipinski definition) is 3. The minimum atomic E-state index is -1.48. The predicted octanol–water partition coefficient (Wildman–Crippen LogP) is 0.438. The van der Waals surface area contributed by atoms with Gasteiger partial charge < -0.3 is 15.5 Å². The van der Waals surface area contributed by atoms with E-state index in [1.807, 2.05) is 0 Å². The second-order valence-corrected chi connectivity index (χ2v) is 3.96. The van der Waals surface area contributed by atoms with Gasteiger partial charge in [-0.05, 0) is 19.1 Å². The van der Waals surface area contributed by atoms with Crippen molar-refractivity contribution in [2.24, 2.45) is 0 Å². The molecule has 0 heterocycles. The van der Waals surface area contributed by atoms with Crippen LogP contribution in [0.25, 0.3) is 0 Å². The van der Waals surface area contributed by atoms with Gasteiger partial charge in [-0.15, -0.1) is 0 Å². The Morgan fingerprint density at radius 3 is 2.65 bits per heavy atom. The van der Waals surface area contributed by atoms with Crippen molar-refractivity contribution in [3.63, 3.8) is 0 Å². The fourth-order valence-corrected chi connectivity index (χ4v) is 1.10.